The number of aldehydes is 1. The third kappa shape index (κ3) is 2.34. The number of pyridine rings is 1. The molecule has 0 aliphatic rings. The van der Waals surface area contributed by atoms with Crippen LogP contribution < -0.4 is 0 Å². The Morgan fingerprint density at radius 1 is 1.55 bits per heavy atom. The Bertz CT molecular complexity index is 264. The van der Waals surface area contributed by atoms with Crippen molar-refractivity contribution in [3.8, 4) is 0 Å². The van der Waals surface area contributed by atoms with Crippen LogP contribution in [0, 0.1) is 0 Å². The third-order valence-electron chi connectivity index (χ3n) is 1.25. The Hall–Kier alpha value is -1.44. The Balaban J connectivity index is 2.87. The van der Waals surface area contributed by atoms with E-state index >= 15 is 0 Å². The Labute approximate surface area is 65.6 Å². The Morgan fingerprint density at radius 3 is 2.91 bits per heavy atom. The van der Waals surface area contributed by atoms with Gasteiger partial charge in [-0.1, -0.05) is 6.07 Å². The molecule has 0 spiro atoms. The maximum atomic E-state index is 10.2. The summed E-state index contributed by atoms with van der Waals surface area (Å²) < 4.78 is 0. The van der Waals surface area contributed by atoms with Gasteiger partial charge in [-0.3, -0.25) is 9.78 Å². The van der Waals surface area contributed by atoms with Crippen LogP contribution in [0.25, 0.3) is 6.08 Å². The highest BCUT2D eigenvalue weighted by atomic mass is 16.1. The van der Waals surface area contributed by atoms with Crippen molar-refractivity contribution in [2.24, 2.45) is 0 Å². The SMILES string of the molecule is CC(C=O)=Cc1ccccn1. The van der Waals surface area contributed by atoms with Crippen molar-refractivity contribution in [2.75, 3.05) is 0 Å². The van der Waals surface area contributed by atoms with Gasteiger partial charge in [0, 0.05) is 6.20 Å². The molecule has 0 fully saturated rings. The van der Waals surface area contributed by atoms with E-state index in [0.29, 0.717) is 5.57 Å². The topological polar surface area (TPSA) is 30.0 Å². The van der Waals surface area contributed by atoms with Gasteiger partial charge in [0.1, 0.15) is 6.29 Å². The first-order valence-electron chi connectivity index (χ1n) is 3.37. The quantitative estimate of drug-likeness (QED) is 0.470. The summed E-state index contributed by atoms with van der Waals surface area (Å²) in [6.45, 7) is 1.75. The average molecular weight is 147 g/mol. The van der Waals surface area contributed by atoms with Gasteiger partial charge in [0.2, 0.25) is 0 Å². The summed E-state index contributed by atoms with van der Waals surface area (Å²) in [4.78, 5) is 14.2. The molecule has 1 aromatic rings. The van der Waals surface area contributed by atoms with Crippen LogP contribution in [0.5, 0.6) is 0 Å². The smallest absolute Gasteiger partial charge is 0.145 e. The molecule has 0 bridgehead atoms. The largest absolute Gasteiger partial charge is 0.298 e. The van der Waals surface area contributed by atoms with E-state index < -0.39 is 0 Å². The van der Waals surface area contributed by atoms with E-state index in [1.54, 1.807) is 19.2 Å². The molecular formula is C9H9NO. The molecule has 0 unspecified atom stereocenters. The van der Waals surface area contributed by atoms with E-state index in [-0.39, 0.29) is 0 Å². The molecule has 0 atom stereocenters. The highest BCUT2D eigenvalue weighted by Crippen LogP contribution is 1.99. The lowest BCUT2D eigenvalue weighted by molar-refractivity contribution is -0.104. The van der Waals surface area contributed by atoms with Gasteiger partial charge in [-0.15, -0.1) is 0 Å². The van der Waals surface area contributed by atoms with Crippen LogP contribution in [0.15, 0.2) is 30.0 Å². The average Bonchev–Trinajstić information content (AvgIpc) is 2.06. The first-order valence-corrected chi connectivity index (χ1v) is 3.37. The van der Waals surface area contributed by atoms with Crippen molar-refractivity contribution in [2.45, 2.75) is 6.92 Å². The monoisotopic (exact) mass is 147 g/mol. The van der Waals surface area contributed by atoms with Crippen molar-refractivity contribution in [3.05, 3.63) is 35.7 Å². The molecule has 0 saturated carbocycles. The van der Waals surface area contributed by atoms with Crippen molar-refractivity contribution in [3.63, 3.8) is 0 Å². The summed E-state index contributed by atoms with van der Waals surface area (Å²) in [5.74, 6) is 0. The molecule has 2 heteroatoms. The van der Waals surface area contributed by atoms with E-state index in [1.165, 1.54) is 0 Å². The van der Waals surface area contributed by atoms with Gasteiger partial charge >= 0.3 is 0 Å². The van der Waals surface area contributed by atoms with Gasteiger partial charge < -0.3 is 0 Å². The number of aromatic nitrogens is 1. The molecule has 0 aliphatic heterocycles. The molecule has 1 heterocycles. The van der Waals surface area contributed by atoms with Gasteiger partial charge in [-0.05, 0) is 30.7 Å². The first kappa shape index (κ1) is 7.66. The zero-order valence-corrected chi connectivity index (χ0v) is 6.32. The molecule has 0 aliphatic carbocycles. The second-order valence-electron chi connectivity index (χ2n) is 2.26. The Morgan fingerprint density at radius 2 is 2.36 bits per heavy atom. The fraction of sp³-hybridized carbons (Fsp3) is 0.111. The maximum absolute atomic E-state index is 10.2. The molecular weight excluding hydrogens is 138 g/mol. The van der Waals surface area contributed by atoms with Gasteiger partial charge in [0.25, 0.3) is 0 Å². The molecule has 1 rings (SSSR count). The molecule has 11 heavy (non-hydrogen) atoms. The number of rotatable bonds is 2. The van der Waals surface area contributed by atoms with Crippen molar-refractivity contribution < 1.29 is 4.79 Å². The fourth-order valence-corrected chi connectivity index (χ4v) is 0.729. The highest BCUT2D eigenvalue weighted by Gasteiger charge is 1.87. The standard InChI is InChI=1S/C9H9NO/c1-8(7-11)6-9-4-2-3-5-10-9/h2-7H,1H3. The predicted octanol–water partition coefficient (Wildman–Crippen LogP) is 1.68. The van der Waals surface area contributed by atoms with Crippen LogP contribution in [-0.2, 0) is 4.79 Å². The highest BCUT2D eigenvalue weighted by molar-refractivity contribution is 5.79. The molecule has 0 aromatic carbocycles. The van der Waals surface area contributed by atoms with Crippen molar-refractivity contribution in [1.82, 2.24) is 4.98 Å². The fourth-order valence-electron chi connectivity index (χ4n) is 0.729. The predicted molar refractivity (Wildman–Crippen MR) is 44.0 cm³/mol. The van der Waals surface area contributed by atoms with Crippen LogP contribution in [0.3, 0.4) is 0 Å². The maximum Gasteiger partial charge on any atom is 0.145 e. The minimum absolute atomic E-state index is 0.684. The molecule has 0 amide bonds. The van der Waals surface area contributed by atoms with Crippen LogP contribution >= 0.6 is 0 Å². The Kier molecular flexibility index (Phi) is 2.55. The molecule has 0 saturated heterocycles. The van der Waals surface area contributed by atoms with E-state index in [0.717, 1.165) is 12.0 Å². The lowest BCUT2D eigenvalue weighted by Gasteiger charge is -1.90. The second kappa shape index (κ2) is 3.66. The number of carbonyl (C=O) groups excluding carboxylic acids is 1. The van der Waals surface area contributed by atoms with Crippen molar-refractivity contribution >= 4 is 12.4 Å². The molecule has 0 radical (unpaired) electrons. The number of nitrogens with zero attached hydrogens (tertiary/aromatic N) is 1. The van der Waals surface area contributed by atoms with Crippen LogP contribution in [0.2, 0.25) is 0 Å². The first-order chi connectivity index (χ1) is 5.33. The molecule has 1 aromatic heterocycles. The van der Waals surface area contributed by atoms with Crippen LogP contribution in [-0.4, -0.2) is 11.3 Å². The second-order valence-corrected chi connectivity index (χ2v) is 2.26. The van der Waals surface area contributed by atoms with Gasteiger partial charge in [0.15, 0.2) is 0 Å². The zero-order valence-electron chi connectivity index (χ0n) is 6.32. The van der Waals surface area contributed by atoms with Crippen LogP contribution in [0.4, 0.5) is 0 Å². The summed E-state index contributed by atoms with van der Waals surface area (Å²) in [5.41, 5.74) is 1.50. The molecule has 56 valence electrons. The van der Waals surface area contributed by atoms with Gasteiger partial charge in [-0.25, -0.2) is 0 Å². The minimum atomic E-state index is 0.684. The molecule has 2 nitrogen and oxygen atoms in total. The lowest BCUT2D eigenvalue weighted by Crippen LogP contribution is -1.80. The number of hydrogen-bond acceptors (Lipinski definition) is 2. The van der Waals surface area contributed by atoms with E-state index in [1.807, 2.05) is 18.2 Å². The molecule has 0 N–H and O–H groups in total. The summed E-state index contributed by atoms with van der Waals surface area (Å²) in [6.07, 6.45) is 4.26. The summed E-state index contributed by atoms with van der Waals surface area (Å²) in [5, 5.41) is 0. The third-order valence-corrected chi connectivity index (χ3v) is 1.25. The van der Waals surface area contributed by atoms with E-state index in [2.05, 4.69) is 4.98 Å². The van der Waals surface area contributed by atoms with Gasteiger partial charge in [-0.2, -0.15) is 0 Å². The van der Waals surface area contributed by atoms with Gasteiger partial charge in [0.05, 0.1) is 5.69 Å². The van der Waals surface area contributed by atoms with E-state index in [4.69, 9.17) is 0 Å². The number of allylic oxidation sites excluding steroid dienone is 1. The summed E-state index contributed by atoms with van der Waals surface area (Å²) in [6, 6.07) is 5.58. The van der Waals surface area contributed by atoms with Crippen molar-refractivity contribution in [1.29, 1.82) is 0 Å². The number of hydrogen-bond donors (Lipinski definition) is 0. The zero-order chi connectivity index (χ0) is 8.10. The normalized spacial score (nSPS) is 11.2. The minimum Gasteiger partial charge on any atom is -0.298 e. The summed E-state index contributed by atoms with van der Waals surface area (Å²) in [7, 11) is 0. The van der Waals surface area contributed by atoms with E-state index in [9.17, 15) is 4.79 Å². The summed E-state index contributed by atoms with van der Waals surface area (Å²) >= 11 is 0. The lowest BCUT2D eigenvalue weighted by atomic mass is 10.2. The van der Waals surface area contributed by atoms with Crippen LogP contribution in [0.1, 0.15) is 12.6 Å². The number of carbonyl (C=O) groups is 1.